The fourth-order valence-corrected chi connectivity index (χ4v) is 3.53. The molecule has 10 nitrogen and oxygen atoms in total. The third-order valence-electron chi connectivity index (χ3n) is 4.73. The summed E-state index contributed by atoms with van der Waals surface area (Å²) in [6.07, 6.45) is 6.06. The smallest absolute Gasteiger partial charge is 0.407 e. The number of ether oxygens (including phenoxy) is 2. The number of halogens is 3. The van der Waals surface area contributed by atoms with Gasteiger partial charge in [0.2, 0.25) is 0 Å². The van der Waals surface area contributed by atoms with Gasteiger partial charge in [-0.15, -0.1) is 0 Å². The van der Waals surface area contributed by atoms with Crippen LogP contribution in [-0.4, -0.2) is 49.2 Å². The summed E-state index contributed by atoms with van der Waals surface area (Å²) in [7, 11) is 0. The lowest BCUT2D eigenvalue weighted by Crippen LogP contribution is -2.34. The van der Waals surface area contributed by atoms with Crippen molar-refractivity contribution in [1.82, 2.24) is 29.7 Å². The number of nitrogens with one attached hydrogen (secondary N) is 2. The number of carbonyl (C=O) groups excluding carboxylic acids is 1. The third-order valence-corrected chi connectivity index (χ3v) is 4.97. The summed E-state index contributed by atoms with van der Waals surface area (Å²) in [5.41, 5.74) is 1.53. The Hall–Kier alpha value is -3.93. The molecule has 13 heteroatoms. The van der Waals surface area contributed by atoms with Gasteiger partial charge in [0.05, 0.1) is 18.4 Å². The molecule has 0 saturated carbocycles. The molecule has 0 radical (unpaired) electrons. The zero-order valence-corrected chi connectivity index (χ0v) is 20.5. The van der Waals surface area contributed by atoms with Crippen LogP contribution in [0.3, 0.4) is 0 Å². The number of hydrogen-bond donors (Lipinski definition) is 2. The first-order valence-corrected chi connectivity index (χ1v) is 11.3. The van der Waals surface area contributed by atoms with Crippen molar-refractivity contribution in [3.8, 4) is 17.0 Å². The van der Waals surface area contributed by atoms with Crippen molar-refractivity contribution in [2.24, 2.45) is 0 Å². The molecule has 1 amide bonds. The van der Waals surface area contributed by atoms with E-state index in [0.717, 1.165) is 0 Å². The van der Waals surface area contributed by atoms with Gasteiger partial charge < -0.3 is 20.1 Å². The summed E-state index contributed by atoms with van der Waals surface area (Å²) in [4.78, 5) is 16.3. The first-order valence-electron chi connectivity index (χ1n) is 10.9. The summed E-state index contributed by atoms with van der Waals surface area (Å²) in [6.45, 7) is 2.75. The number of rotatable bonds is 8. The molecule has 0 aliphatic carbocycles. The minimum Gasteiger partial charge on any atom is -0.444 e. The Balaban J connectivity index is 1.66. The number of carbonyl (C=O) groups is 1. The zero-order valence-electron chi connectivity index (χ0n) is 19.7. The molecule has 0 bridgehead atoms. The minimum absolute atomic E-state index is 0.0902. The standard InChI is InChI=1S/C23H24ClF2N7O3/c1-23(2,3)36-22(34)28-8-10-32-13-17(30-16-12-29-33-9-4-7-27-20(16)33)19(31-32)15-11-14(24)5-6-18(15)35-21(25)26/h4-7,9,11-13,21,30H,8,10H2,1-3H3,(H,28,34). The topological polar surface area (TPSA) is 108 Å². The predicted octanol–water partition coefficient (Wildman–Crippen LogP) is 5.12. The summed E-state index contributed by atoms with van der Waals surface area (Å²) in [5.74, 6) is -0.0902. The molecule has 3 heterocycles. The van der Waals surface area contributed by atoms with Crippen LogP contribution >= 0.6 is 11.6 Å². The van der Waals surface area contributed by atoms with Gasteiger partial charge in [-0.2, -0.15) is 19.0 Å². The average molecular weight is 520 g/mol. The van der Waals surface area contributed by atoms with Crippen molar-refractivity contribution >= 4 is 34.7 Å². The van der Waals surface area contributed by atoms with Crippen molar-refractivity contribution in [2.75, 3.05) is 11.9 Å². The van der Waals surface area contributed by atoms with Crippen molar-refractivity contribution in [2.45, 2.75) is 39.5 Å². The molecule has 0 saturated heterocycles. The molecular formula is C23H24ClF2N7O3. The Kier molecular flexibility index (Phi) is 7.25. The summed E-state index contributed by atoms with van der Waals surface area (Å²) in [6, 6.07) is 6.04. The van der Waals surface area contributed by atoms with Crippen LogP contribution in [0.2, 0.25) is 5.02 Å². The molecule has 0 fully saturated rings. The van der Waals surface area contributed by atoms with Crippen LogP contribution in [0.1, 0.15) is 20.8 Å². The Morgan fingerprint density at radius 1 is 1.25 bits per heavy atom. The Morgan fingerprint density at radius 3 is 2.81 bits per heavy atom. The van der Waals surface area contributed by atoms with E-state index in [1.54, 1.807) is 60.8 Å². The number of benzene rings is 1. The van der Waals surface area contributed by atoms with Gasteiger partial charge in [0.1, 0.15) is 22.7 Å². The molecule has 0 spiro atoms. The van der Waals surface area contributed by atoms with E-state index in [2.05, 4.69) is 25.8 Å². The molecule has 1 aromatic carbocycles. The maximum Gasteiger partial charge on any atom is 0.407 e. The van der Waals surface area contributed by atoms with Gasteiger partial charge in [-0.1, -0.05) is 11.6 Å². The number of alkyl halides is 2. The highest BCUT2D eigenvalue weighted by Gasteiger charge is 2.20. The molecular weight excluding hydrogens is 496 g/mol. The largest absolute Gasteiger partial charge is 0.444 e. The van der Waals surface area contributed by atoms with Crippen molar-refractivity contribution < 1.29 is 23.0 Å². The van der Waals surface area contributed by atoms with E-state index in [0.29, 0.717) is 27.7 Å². The lowest BCUT2D eigenvalue weighted by atomic mass is 10.1. The summed E-state index contributed by atoms with van der Waals surface area (Å²) < 4.78 is 39.3. The van der Waals surface area contributed by atoms with Crippen molar-refractivity contribution in [1.29, 1.82) is 0 Å². The van der Waals surface area contributed by atoms with Gasteiger partial charge in [0.15, 0.2) is 5.65 Å². The van der Waals surface area contributed by atoms with Crippen LogP contribution in [0.5, 0.6) is 5.75 Å². The number of nitrogens with zero attached hydrogens (tertiary/aromatic N) is 5. The number of aromatic nitrogens is 5. The molecule has 0 unspecified atom stereocenters. The molecule has 3 aromatic heterocycles. The average Bonchev–Trinajstić information content (AvgIpc) is 3.38. The second kappa shape index (κ2) is 10.4. The van der Waals surface area contributed by atoms with E-state index in [-0.39, 0.29) is 24.4 Å². The van der Waals surface area contributed by atoms with Crippen molar-refractivity contribution in [3.63, 3.8) is 0 Å². The van der Waals surface area contributed by atoms with E-state index < -0.39 is 18.3 Å². The molecule has 4 aromatic rings. The Bertz CT molecular complexity index is 1370. The summed E-state index contributed by atoms with van der Waals surface area (Å²) in [5, 5.41) is 15.0. The van der Waals surface area contributed by atoms with Crippen LogP contribution in [0.4, 0.5) is 25.0 Å². The lowest BCUT2D eigenvalue weighted by Gasteiger charge is -2.19. The Labute approximate surface area is 210 Å². The van der Waals surface area contributed by atoms with Gasteiger partial charge in [0.25, 0.3) is 0 Å². The minimum atomic E-state index is -3.04. The lowest BCUT2D eigenvalue weighted by molar-refractivity contribution is -0.0494. The maximum absolute atomic E-state index is 13.1. The third kappa shape index (κ3) is 6.19. The normalized spacial score (nSPS) is 11.6. The second-order valence-corrected chi connectivity index (χ2v) is 9.11. The molecule has 0 atom stereocenters. The molecule has 4 rings (SSSR count). The van der Waals surface area contributed by atoms with Gasteiger partial charge >= 0.3 is 12.7 Å². The highest BCUT2D eigenvalue weighted by molar-refractivity contribution is 6.31. The highest BCUT2D eigenvalue weighted by atomic mass is 35.5. The second-order valence-electron chi connectivity index (χ2n) is 8.67. The molecule has 2 N–H and O–H groups in total. The number of alkyl carbamates (subject to hydrolysis) is 1. The van der Waals surface area contributed by atoms with Crippen LogP contribution in [0.15, 0.2) is 49.1 Å². The van der Waals surface area contributed by atoms with Crippen LogP contribution < -0.4 is 15.4 Å². The van der Waals surface area contributed by atoms with Gasteiger partial charge in [-0.25, -0.2) is 14.3 Å². The molecule has 0 aliphatic rings. The molecule has 190 valence electrons. The summed E-state index contributed by atoms with van der Waals surface area (Å²) >= 11 is 6.17. The number of hydrogen-bond acceptors (Lipinski definition) is 7. The van der Waals surface area contributed by atoms with E-state index in [4.69, 9.17) is 21.1 Å². The highest BCUT2D eigenvalue weighted by Crippen LogP contribution is 2.38. The van der Waals surface area contributed by atoms with E-state index in [1.807, 2.05) is 0 Å². The number of anilines is 2. The number of fused-ring (bicyclic) bond motifs is 1. The fourth-order valence-electron chi connectivity index (χ4n) is 3.36. The van der Waals surface area contributed by atoms with Gasteiger partial charge in [-0.3, -0.25) is 4.68 Å². The van der Waals surface area contributed by atoms with E-state index >= 15 is 0 Å². The Morgan fingerprint density at radius 2 is 2.06 bits per heavy atom. The van der Waals surface area contributed by atoms with Crippen LogP contribution in [-0.2, 0) is 11.3 Å². The first-order chi connectivity index (χ1) is 17.1. The SMILES string of the molecule is CC(C)(C)OC(=O)NCCn1cc(Nc2cnn3cccnc23)c(-c2cc(Cl)ccc2OC(F)F)n1. The van der Waals surface area contributed by atoms with E-state index in [1.165, 1.54) is 18.2 Å². The fraction of sp³-hybridized carbons (Fsp3) is 0.304. The zero-order chi connectivity index (χ0) is 25.9. The van der Waals surface area contributed by atoms with Crippen LogP contribution in [0.25, 0.3) is 16.9 Å². The first kappa shape index (κ1) is 25.2. The van der Waals surface area contributed by atoms with E-state index in [9.17, 15) is 13.6 Å². The quantitative estimate of drug-likeness (QED) is 0.333. The van der Waals surface area contributed by atoms with Crippen molar-refractivity contribution in [3.05, 3.63) is 54.1 Å². The molecule has 0 aliphatic heterocycles. The maximum atomic E-state index is 13.1. The molecule has 36 heavy (non-hydrogen) atoms. The van der Waals surface area contributed by atoms with Gasteiger partial charge in [0, 0.05) is 35.7 Å². The van der Waals surface area contributed by atoms with Crippen LogP contribution in [0, 0.1) is 0 Å². The number of amides is 1. The van der Waals surface area contributed by atoms with Gasteiger partial charge in [-0.05, 0) is 45.0 Å². The monoisotopic (exact) mass is 519 g/mol. The predicted molar refractivity (Wildman–Crippen MR) is 130 cm³/mol.